The molecule has 1 aliphatic rings. The van der Waals surface area contributed by atoms with Crippen molar-refractivity contribution in [3.8, 4) is 0 Å². The first-order valence-corrected chi connectivity index (χ1v) is 10.7. The van der Waals surface area contributed by atoms with Crippen molar-refractivity contribution in [2.24, 2.45) is 5.92 Å². The van der Waals surface area contributed by atoms with Gasteiger partial charge in [0.2, 0.25) is 0 Å². The van der Waals surface area contributed by atoms with Crippen molar-refractivity contribution in [3.05, 3.63) is 51.5 Å². The predicted molar refractivity (Wildman–Crippen MR) is 112 cm³/mol. The Morgan fingerprint density at radius 3 is 2.93 bits per heavy atom. The van der Waals surface area contributed by atoms with Gasteiger partial charge in [0.05, 0.1) is 17.2 Å². The number of amides is 3. The first-order chi connectivity index (χ1) is 13.5. The maximum Gasteiger partial charge on any atom is 0.317 e. The van der Waals surface area contributed by atoms with E-state index in [-0.39, 0.29) is 11.9 Å². The molecule has 0 spiro atoms. The number of hydrogen-bond donors (Lipinski definition) is 2. The van der Waals surface area contributed by atoms with Gasteiger partial charge in [-0.3, -0.25) is 4.79 Å². The summed E-state index contributed by atoms with van der Waals surface area (Å²) in [5, 5.41) is 8.84. The van der Waals surface area contributed by atoms with Crippen LogP contribution in [-0.2, 0) is 13.0 Å². The Hall–Kier alpha value is -2.41. The number of thiazole rings is 1. The third-order valence-corrected chi connectivity index (χ3v) is 5.73. The summed E-state index contributed by atoms with van der Waals surface area (Å²) >= 11 is 1.58. The molecule has 2 heterocycles. The van der Waals surface area contributed by atoms with Crippen LogP contribution in [0.15, 0.2) is 29.6 Å². The second-order valence-electron chi connectivity index (χ2n) is 7.28. The molecule has 1 atom stereocenters. The van der Waals surface area contributed by atoms with Crippen molar-refractivity contribution in [2.75, 3.05) is 19.6 Å². The van der Waals surface area contributed by atoms with E-state index < -0.39 is 0 Å². The third-order valence-electron chi connectivity index (χ3n) is 4.91. The van der Waals surface area contributed by atoms with Gasteiger partial charge in [-0.05, 0) is 49.8 Å². The molecular weight excluding hydrogens is 372 g/mol. The van der Waals surface area contributed by atoms with Crippen LogP contribution in [0.2, 0.25) is 0 Å². The van der Waals surface area contributed by atoms with E-state index in [2.05, 4.69) is 21.7 Å². The highest BCUT2D eigenvalue weighted by Crippen LogP contribution is 2.21. The summed E-state index contributed by atoms with van der Waals surface area (Å²) < 4.78 is 0. The lowest BCUT2D eigenvalue weighted by Crippen LogP contribution is -2.38. The van der Waals surface area contributed by atoms with Crippen LogP contribution in [0, 0.1) is 12.8 Å². The van der Waals surface area contributed by atoms with E-state index in [0.29, 0.717) is 18.0 Å². The molecule has 28 heavy (non-hydrogen) atoms. The minimum atomic E-state index is -0.0838. The maximum atomic E-state index is 12.5. The molecule has 3 amide bonds. The summed E-state index contributed by atoms with van der Waals surface area (Å²) in [6, 6.07) is 7.82. The van der Waals surface area contributed by atoms with Crippen LogP contribution in [0.4, 0.5) is 4.79 Å². The van der Waals surface area contributed by atoms with Gasteiger partial charge >= 0.3 is 6.03 Å². The van der Waals surface area contributed by atoms with Gasteiger partial charge in [0.25, 0.3) is 5.91 Å². The van der Waals surface area contributed by atoms with Gasteiger partial charge in [-0.15, -0.1) is 11.3 Å². The van der Waals surface area contributed by atoms with Crippen molar-refractivity contribution in [3.63, 3.8) is 0 Å². The fourth-order valence-corrected chi connectivity index (χ4v) is 4.08. The molecule has 2 aromatic rings. The minimum absolute atomic E-state index is 0.0368. The van der Waals surface area contributed by atoms with Crippen LogP contribution in [0.1, 0.15) is 46.4 Å². The second kappa shape index (κ2) is 9.68. The molecule has 1 fully saturated rings. The lowest BCUT2D eigenvalue weighted by Gasteiger charge is -2.17. The highest BCUT2D eigenvalue weighted by Gasteiger charge is 2.26. The van der Waals surface area contributed by atoms with E-state index in [1.807, 2.05) is 42.3 Å². The number of carbonyl (C=O) groups excluding carboxylic acids is 2. The van der Waals surface area contributed by atoms with E-state index in [1.165, 1.54) is 0 Å². The number of nitrogens with zero attached hydrogens (tertiary/aromatic N) is 2. The molecule has 1 unspecified atom stereocenters. The standard InChI is InChI=1S/C21H28N4O2S/c1-3-8-22-21(27)25-9-7-17(13-25)10-16-5-4-6-18(11-16)20(26)23-12-19-14-28-15(2)24-19/h4-6,11,14,17H,3,7-10,12-13H2,1-2H3,(H,22,27)(H,23,26). The third kappa shape index (κ3) is 5.55. The number of hydrogen-bond acceptors (Lipinski definition) is 4. The zero-order chi connectivity index (χ0) is 19.9. The molecule has 6 nitrogen and oxygen atoms in total. The molecule has 1 aliphatic heterocycles. The number of aromatic nitrogens is 1. The van der Waals surface area contributed by atoms with E-state index in [0.717, 1.165) is 55.2 Å². The quantitative estimate of drug-likeness (QED) is 0.748. The summed E-state index contributed by atoms with van der Waals surface area (Å²) in [6.07, 6.45) is 2.82. The lowest BCUT2D eigenvalue weighted by molar-refractivity contribution is 0.0950. The number of likely N-dealkylation sites (tertiary alicyclic amines) is 1. The Bertz CT molecular complexity index is 820. The Morgan fingerprint density at radius 1 is 1.32 bits per heavy atom. The van der Waals surface area contributed by atoms with Crippen molar-refractivity contribution >= 4 is 23.3 Å². The van der Waals surface area contributed by atoms with Crippen LogP contribution in [0.3, 0.4) is 0 Å². The summed E-state index contributed by atoms with van der Waals surface area (Å²) in [7, 11) is 0. The Balaban J connectivity index is 1.52. The first-order valence-electron chi connectivity index (χ1n) is 9.86. The van der Waals surface area contributed by atoms with Gasteiger partial charge in [-0.25, -0.2) is 9.78 Å². The topological polar surface area (TPSA) is 74.3 Å². The Kier molecular flexibility index (Phi) is 7.03. The molecule has 0 radical (unpaired) electrons. The highest BCUT2D eigenvalue weighted by atomic mass is 32.1. The van der Waals surface area contributed by atoms with E-state index in [4.69, 9.17) is 0 Å². The molecule has 2 N–H and O–H groups in total. The zero-order valence-corrected chi connectivity index (χ0v) is 17.3. The molecular formula is C21H28N4O2S. The van der Waals surface area contributed by atoms with Gasteiger partial charge in [0.15, 0.2) is 0 Å². The summed E-state index contributed by atoms with van der Waals surface area (Å²) in [5.41, 5.74) is 2.69. The summed E-state index contributed by atoms with van der Waals surface area (Å²) in [4.78, 5) is 30.8. The molecule has 3 rings (SSSR count). The van der Waals surface area contributed by atoms with Gasteiger partial charge in [0.1, 0.15) is 0 Å². The van der Waals surface area contributed by atoms with E-state index >= 15 is 0 Å². The fraction of sp³-hybridized carbons (Fsp3) is 0.476. The van der Waals surface area contributed by atoms with E-state index in [9.17, 15) is 9.59 Å². The zero-order valence-electron chi connectivity index (χ0n) is 16.5. The molecule has 1 aromatic heterocycles. The normalized spacial score (nSPS) is 16.2. The number of benzene rings is 1. The smallest absolute Gasteiger partial charge is 0.317 e. The summed E-state index contributed by atoms with van der Waals surface area (Å²) in [6.45, 7) is 6.74. The van der Waals surface area contributed by atoms with Crippen LogP contribution < -0.4 is 10.6 Å². The maximum absolute atomic E-state index is 12.5. The van der Waals surface area contributed by atoms with Gasteiger partial charge in [-0.1, -0.05) is 19.1 Å². The molecule has 7 heteroatoms. The molecule has 0 aliphatic carbocycles. The molecule has 0 saturated carbocycles. The Morgan fingerprint density at radius 2 is 2.18 bits per heavy atom. The summed E-state index contributed by atoms with van der Waals surface area (Å²) in [5.74, 6) is 0.350. The number of rotatable bonds is 7. The number of aryl methyl sites for hydroxylation is 1. The van der Waals surface area contributed by atoms with Crippen LogP contribution in [0.5, 0.6) is 0 Å². The Labute approximate surface area is 170 Å². The van der Waals surface area contributed by atoms with Crippen LogP contribution in [-0.4, -0.2) is 41.5 Å². The highest BCUT2D eigenvalue weighted by molar-refractivity contribution is 7.09. The molecule has 150 valence electrons. The largest absolute Gasteiger partial charge is 0.346 e. The molecule has 1 aromatic carbocycles. The SMILES string of the molecule is CCCNC(=O)N1CCC(Cc2cccc(C(=O)NCc3csc(C)n3)c2)C1. The second-order valence-corrected chi connectivity index (χ2v) is 8.34. The van der Waals surface area contributed by atoms with Gasteiger partial charge < -0.3 is 15.5 Å². The average molecular weight is 401 g/mol. The van der Waals surface area contributed by atoms with Crippen molar-refractivity contribution in [2.45, 2.75) is 39.7 Å². The average Bonchev–Trinajstić information content (AvgIpc) is 3.33. The van der Waals surface area contributed by atoms with Crippen molar-refractivity contribution in [1.82, 2.24) is 20.5 Å². The fourth-order valence-electron chi connectivity index (χ4n) is 3.46. The van der Waals surface area contributed by atoms with Crippen LogP contribution in [0.25, 0.3) is 0 Å². The minimum Gasteiger partial charge on any atom is -0.346 e. The van der Waals surface area contributed by atoms with Gasteiger partial charge in [0, 0.05) is 30.6 Å². The molecule has 1 saturated heterocycles. The number of urea groups is 1. The molecule has 0 bridgehead atoms. The van der Waals surface area contributed by atoms with Crippen molar-refractivity contribution in [1.29, 1.82) is 0 Å². The predicted octanol–water partition coefficient (Wildman–Crippen LogP) is 3.37. The van der Waals surface area contributed by atoms with E-state index in [1.54, 1.807) is 11.3 Å². The first kappa shape index (κ1) is 20.3. The van der Waals surface area contributed by atoms with Gasteiger partial charge in [-0.2, -0.15) is 0 Å². The monoisotopic (exact) mass is 400 g/mol. The van der Waals surface area contributed by atoms with Crippen LogP contribution >= 0.6 is 11.3 Å². The number of carbonyl (C=O) groups is 2. The van der Waals surface area contributed by atoms with Crippen molar-refractivity contribution < 1.29 is 9.59 Å². The number of nitrogens with one attached hydrogen (secondary N) is 2. The lowest BCUT2D eigenvalue weighted by atomic mass is 9.97.